The summed E-state index contributed by atoms with van der Waals surface area (Å²) in [6.07, 6.45) is 39.4. The van der Waals surface area contributed by atoms with Gasteiger partial charge >= 0.3 is 27.6 Å². The fourth-order valence-electron chi connectivity index (χ4n) is 12.4. The number of hydrogen-bond donors (Lipinski definition) is 9. The first kappa shape index (κ1) is 104. The molecule has 1 fully saturated rings. The Balaban J connectivity index is 3.04. The SMILES string of the molecule is CCCCCC/C=C\CCCC(=O)O[C@H](CCCCCCC)CC(=O)NC(COCCC(O)CCCCCCC)COP(=O)(O)OCCNC(=O)C1OC(C)(C)OC1C(=O)NCCOP(=O)(O)OCC(COCCC(O)CCCCCCC)NC(O)C[C@@H](CCCCCCC)OC(=O)CCC/C=C\CCCCCC. The number of carbonyl (C=O) groups is 5. The molecule has 0 aromatic rings. The van der Waals surface area contributed by atoms with Crippen LogP contribution in [0, 0.1) is 0 Å². The largest absolute Gasteiger partial charge is 0.472 e. The Morgan fingerprint density at radius 2 is 0.789 bits per heavy atom. The van der Waals surface area contributed by atoms with E-state index in [2.05, 4.69) is 87.1 Å². The summed E-state index contributed by atoms with van der Waals surface area (Å²) in [5.74, 6) is -4.35. The van der Waals surface area contributed by atoms with E-state index in [0.717, 1.165) is 167 Å². The molecule has 0 aromatic carbocycles. The average Bonchev–Trinajstić information content (AvgIpc) is 1.66. The van der Waals surface area contributed by atoms with Crippen LogP contribution in [0.15, 0.2) is 24.3 Å². The molecule has 0 spiro atoms. The van der Waals surface area contributed by atoms with E-state index in [1.165, 1.54) is 52.4 Å². The topological polar surface area (TPSA) is 361 Å². The maximum absolute atomic E-state index is 13.8. The molecule has 1 heterocycles. The van der Waals surface area contributed by atoms with Crippen LogP contribution in [0.5, 0.6) is 0 Å². The third kappa shape index (κ3) is 60.9. The van der Waals surface area contributed by atoms with Gasteiger partial charge in [-0.3, -0.25) is 47.4 Å². The van der Waals surface area contributed by atoms with Crippen molar-refractivity contribution in [3.8, 4) is 0 Å². The predicted octanol–water partition coefficient (Wildman–Crippen LogP) is 15.7. The van der Waals surface area contributed by atoms with Gasteiger partial charge in [-0.25, -0.2) is 9.13 Å². The maximum atomic E-state index is 13.8. The lowest BCUT2D eigenvalue weighted by molar-refractivity contribution is -0.159. The first-order valence-electron chi connectivity index (χ1n) is 42.5. The van der Waals surface area contributed by atoms with E-state index in [1.807, 2.05) is 0 Å². The highest BCUT2D eigenvalue weighted by Crippen LogP contribution is 2.44. The van der Waals surface area contributed by atoms with Crippen LogP contribution in [-0.4, -0.2) is 181 Å². The molecule has 1 aliphatic heterocycles. The normalized spacial score (nSPS) is 17.5. The highest BCUT2D eigenvalue weighted by Gasteiger charge is 2.49. The Morgan fingerprint density at radius 3 is 1.21 bits per heavy atom. The molecule has 0 bridgehead atoms. The minimum atomic E-state index is -4.87. The number of rotatable bonds is 77. The van der Waals surface area contributed by atoms with Gasteiger partial charge in [-0.05, 0) is 117 Å². The van der Waals surface area contributed by atoms with Crippen molar-refractivity contribution >= 4 is 45.3 Å². The van der Waals surface area contributed by atoms with Crippen LogP contribution >= 0.6 is 15.6 Å². The number of hydrogen-bond acceptors (Lipinski definition) is 21. The smallest absolute Gasteiger partial charge is 0.462 e. The summed E-state index contributed by atoms with van der Waals surface area (Å²) in [7, 11) is -9.71. The van der Waals surface area contributed by atoms with Crippen LogP contribution in [0.1, 0.15) is 338 Å². The summed E-state index contributed by atoms with van der Waals surface area (Å²) < 4.78 is 83.2. The highest BCUT2D eigenvalue weighted by atomic mass is 31.2. The van der Waals surface area contributed by atoms with Crippen molar-refractivity contribution in [3.05, 3.63) is 24.3 Å². The van der Waals surface area contributed by atoms with Crippen molar-refractivity contribution in [2.75, 3.05) is 65.9 Å². The lowest BCUT2D eigenvalue weighted by atomic mass is 10.0. The molecule has 26 nitrogen and oxygen atoms in total. The van der Waals surface area contributed by atoms with Gasteiger partial charge in [0.15, 0.2) is 18.0 Å². The van der Waals surface area contributed by atoms with E-state index in [-0.39, 0.29) is 77.1 Å². The summed E-state index contributed by atoms with van der Waals surface area (Å²) >= 11 is 0. The van der Waals surface area contributed by atoms with Gasteiger partial charge in [-0.1, -0.05) is 220 Å². The maximum Gasteiger partial charge on any atom is 0.472 e. The van der Waals surface area contributed by atoms with Crippen molar-refractivity contribution in [3.63, 3.8) is 0 Å². The van der Waals surface area contributed by atoms with Gasteiger partial charge in [0, 0.05) is 45.6 Å². The molecule has 0 radical (unpaired) electrons. The van der Waals surface area contributed by atoms with Crippen LogP contribution < -0.4 is 21.3 Å². The molecule has 109 heavy (non-hydrogen) atoms. The van der Waals surface area contributed by atoms with Gasteiger partial charge in [-0.15, -0.1) is 0 Å². The Hall–Kier alpha value is -3.27. The molecule has 0 saturated carbocycles. The van der Waals surface area contributed by atoms with Crippen LogP contribution in [0.2, 0.25) is 0 Å². The second-order valence-corrected chi connectivity index (χ2v) is 32.7. The molecular weight excluding hydrogens is 1440 g/mol. The van der Waals surface area contributed by atoms with Gasteiger partial charge < -0.3 is 69.5 Å². The molecule has 28 heteroatoms. The first-order chi connectivity index (χ1) is 52.4. The number of aliphatic hydroxyl groups excluding tert-OH is 3. The van der Waals surface area contributed by atoms with E-state index in [0.29, 0.717) is 51.4 Å². The Labute approximate surface area is 657 Å². The number of esters is 2. The number of ether oxygens (including phenoxy) is 6. The molecule has 3 amide bonds. The molecule has 0 aliphatic carbocycles. The van der Waals surface area contributed by atoms with Gasteiger partial charge in [0.05, 0.1) is 70.4 Å². The minimum absolute atomic E-state index is 0.0303. The number of amides is 3. The van der Waals surface area contributed by atoms with E-state index >= 15 is 0 Å². The summed E-state index contributed by atoms with van der Waals surface area (Å²) in [6.45, 7) is 13.1. The summed E-state index contributed by atoms with van der Waals surface area (Å²) in [5.41, 5.74) is 0. The molecule has 11 atom stereocenters. The zero-order chi connectivity index (χ0) is 80.5. The predicted molar refractivity (Wildman–Crippen MR) is 427 cm³/mol. The molecular formula is C81H154N4O22P2. The Bertz CT molecular complexity index is 2430. The monoisotopic (exact) mass is 1600 g/mol. The number of phosphoric acid groups is 2. The van der Waals surface area contributed by atoms with Crippen LogP contribution in [-0.2, 0) is 79.6 Å². The third-order valence-corrected chi connectivity index (χ3v) is 20.7. The van der Waals surface area contributed by atoms with Crippen molar-refractivity contribution < 1.29 is 105 Å². The average molecular weight is 1600 g/mol. The fourth-order valence-corrected chi connectivity index (χ4v) is 13.9. The van der Waals surface area contributed by atoms with Crippen LogP contribution in [0.3, 0.4) is 0 Å². The molecule has 0 aromatic heterocycles. The molecule has 1 rings (SSSR count). The number of aliphatic hydroxyl groups is 3. The quantitative estimate of drug-likeness (QED) is 0.00898. The molecule has 9 unspecified atom stereocenters. The Morgan fingerprint density at radius 1 is 0.431 bits per heavy atom. The van der Waals surface area contributed by atoms with Crippen molar-refractivity contribution in [1.29, 1.82) is 0 Å². The minimum Gasteiger partial charge on any atom is -0.462 e. The highest BCUT2D eigenvalue weighted by molar-refractivity contribution is 7.47. The van der Waals surface area contributed by atoms with E-state index in [1.54, 1.807) is 0 Å². The second kappa shape index (κ2) is 68.0. The van der Waals surface area contributed by atoms with Crippen molar-refractivity contribution in [2.24, 2.45) is 0 Å². The van der Waals surface area contributed by atoms with Crippen LogP contribution in [0.4, 0.5) is 0 Å². The zero-order valence-corrected chi connectivity index (χ0v) is 70.5. The summed E-state index contributed by atoms with van der Waals surface area (Å²) in [5, 5.41) is 43.6. The summed E-state index contributed by atoms with van der Waals surface area (Å²) in [6, 6.07) is -1.86. The van der Waals surface area contributed by atoms with Crippen molar-refractivity contribution in [1.82, 2.24) is 21.3 Å². The lowest BCUT2D eigenvalue weighted by Gasteiger charge is -2.26. The molecule has 640 valence electrons. The zero-order valence-electron chi connectivity index (χ0n) is 68.8. The standard InChI is InChI=1S/C81H154N4O22P2/c1-9-15-21-27-29-31-33-39-45-51-75(90)104-71(49-43-37-25-19-13-5)61-73(88)84-67(63-98-57-53-69(86)47-41-35-23-17-11-3)65-102-108(94,95)100-59-55-82-79(92)77-78(107-81(7,8)106-77)80(93)83-56-60-101-109(96,97)103-66-68(64-99-58-54-70(87)48-42-36-24-18-12-4)85-74(89)62-72(50-44-38-26-20-14-6)105-76(91)52-46-40-34-32-30-28-22-16-10-2/h31-34,67-73,77-78,84,86-88H,9-30,35-66H2,1-8H3,(H,82,92)(H,83,93)(H,85,89)(H,94,95)(H,96,97)/b33-31-,34-32-/t67?,68?,69?,70?,71-,72-,73?,77?,78?/m1/s1. The van der Waals surface area contributed by atoms with Crippen molar-refractivity contribution in [2.45, 2.75) is 399 Å². The fraction of sp³-hybridized carbons (Fsp3) is 0.889. The van der Waals surface area contributed by atoms with E-state index in [9.17, 15) is 58.2 Å². The van der Waals surface area contributed by atoms with Gasteiger partial charge in [0.2, 0.25) is 5.91 Å². The number of nitrogens with one attached hydrogen (secondary N) is 4. The third-order valence-electron chi connectivity index (χ3n) is 18.7. The van der Waals surface area contributed by atoms with Gasteiger partial charge in [-0.2, -0.15) is 0 Å². The first-order valence-corrected chi connectivity index (χ1v) is 45.5. The van der Waals surface area contributed by atoms with Gasteiger partial charge in [0.25, 0.3) is 11.8 Å². The van der Waals surface area contributed by atoms with E-state index in [4.69, 9.17) is 46.5 Å². The molecule has 1 saturated heterocycles. The number of allylic oxidation sites excluding steroid dienone is 4. The van der Waals surface area contributed by atoms with Gasteiger partial charge in [0.1, 0.15) is 18.4 Å². The Kier molecular flexibility index (Phi) is 64.7. The molecule has 1 aliphatic rings. The summed E-state index contributed by atoms with van der Waals surface area (Å²) in [4.78, 5) is 88.9. The molecule has 9 N–H and O–H groups in total. The van der Waals surface area contributed by atoms with Crippen LogP contribution in [0.25, 0.3) is 0 Å². The number of phosphoric ester groups is 2. The lowest BCUT2D eigenvalue weighted by Crippen LogP contribution is -2.48. The van der Waals surface area contributed by atoms with E-state index < -0.39 is 121 Å². The second-order valence-electron chi connectivity index (χ2n) is 29.8. The number of carbonyl (C=O) groups excluding carboxylic acids is 5. The number of unbranched alkanes of at least 4 members (excludes halogenated alkanes) is 26.